The molecule has 148 valence electrons. The minimum atomic E-state index is -3.67. The van der Waals surface area contributed by atoms with E-state index in [2.05, 4.69) is 4.72 Å². The Hall–Kier alpha value is -2.84. The summed E-state index contributed by atoms with van der Waals surface area (Å²) in [6.45, 7) is 4.20. The van der Waals surface area contributed by atoms with Gasteiger partial charge in [0.15, 0.2) is 0 Å². The molecule has 3 aromatic rings. The fourth-order valence-corrected chi connectivity index (χ4v) is 3.89. The first-order valence-electron chi connectivity index (χ1n) is 8.85. The van der Waals surface area contributed by atoms with Gasteiger partial charge in [-0.15, -0.1) is 0 Å². The Bertz CT molecular complexity index is 989. The molecule has 3 rings (SSSR count). The van der Waals surface area contributed by atoms with Crippen LogP contribution in [0.15, 0.2) is 68.7 Å². The van der Waals surface area contributed by atoms with E-state index in [0.717, 1.165) is 0 Å². The highest BCUT2D eigenvalue weighted by molar-refractivity contribution is 7.89. The average Bonchev–Trinajstić information content (AvgIpc) is 3.35. The highest BCUT2D eigenvalue weighted by Crippen LogP contribution is 2.20. The Morgan fingerprint density at radius 2 is 1.64 bits per heavy atom. The average molecular weight is 402 g/mol. The van der Waals surface area contributed by atoms with Crippen LogP contribution in [0.2, 0.25) is 0 Å². The summed E-state index contributed by atoms with van der Waals surface area (Å²) in [6, 6.07) is 11.6. The van der Waals surface area contributed by atoms with Crippen LogP contribution in [0.3, 0.4) is 0 Å². The minimum absolute atomic E-state index is 0.0549. The number of hydrogen-bond acceptors (Lipinski definition) is 5. The molecule has 0 spiro atoms. The van der Waals surface area contributed by atoms with E-state index in [1.165, 1.54) is 12.1 Å². The number of furan rings is 2. The smallest absolute Gasteiger partial charge is 0.254 e. The normalized spacial score (nSPS) is 11.5. The number of hydrogen-bond donors (Lipinski definition) is 1. The van der Waals surface area contributed by atoms with Gasteiger partial charge in [-0.1, -0.05) is 13.0 Å². The van der Waals surface area contributed by atoms with Gasteiger partial charge in [0.05, 0.1) is 30.5 Å². The van der Waals surface area contributed by atoms with E-state index in [9.17, 15) is 13.2 Å². The zero-order valence-corrected chi connectivity index (χ0v) is 16.5. The molecule has 0 bridgehead atoms. The number of aryl methyl sites for hydroxylation is 1. The summed E-state index contributed by atoms with van der Waals surface area (Å²) in [7, 11) is -3.67. The van der Waals surface area contributed by atoms with Crippen molar-refractivity contribution in [1.29, 1.82) is 0 Å². The number of carbonyl (C=O) groups is 1. The molecule has 1 aromatic carbocycles. The van der Waals surface area contributed by atoms with Crippen molar-refractivity contribution < 1.29 is 22.0 Å². The van der Waals surface area contributed by atoms with Gasteiger partial charge in [-0.25, -0.2) is 13.1 Å². The number of nitrogens with one attached hydrogen (secondary N) is 1. The summed E-state index contributed by atoms with van der Waals surface area (Å²) in [4.78, 5) is 14.9. The van der Waals surface area contributed by atoms with Crippen LogP contribution in [-0.2, 0) is 23.1 Å². The van der Waals surface area contributed by atoms with Crippen molar-refractivity contribution in [2.45, 2.75) is 31.8 Å². The van der Waals surface area contributed by atoms with Gasteiger partial charge >= 0.3 is 0 Å². The number of carbonyl (C=O) groups excluding carboxylic acids is 1. The highest BCUT2D eigenvalue weighted by atomic mass is 32.2. The Morgan fingerprint density at radius 1 is 1.04 bits per heavy atom. The van der Waals surface area contributed by atoms with Crippen molar-refractivity contribution >= 4 is 15.9 Å². The SMILES string of the molecule is CCNS(=O)(=O)c1ccc(C)c(C(=O)N(Cc2ccco2)Cc2ccco2)c1. The fourth-order valence-electron chi connectivity index (χ4n) is 2.82. The zero-order valence-electron chi connectivity index (χ0n) is 15.7. The lowest BCUT2D eigenvalue weighted by Crippen LogP contribution is -2.31. The number of benzene rings is 1. The van der Waals surface area contributed by atoms with Gasteiger partial charge in [0.2, 0.25) is 10.0 Å². The summed E-state index contributed by atoms with van der Waals surface area (Å²) < 4.78 is 37.9. The van der Waals surface area contributed by atoms with E-state index in [0.29, 0.717) is 22.6 Å². The molecule has 1 N–H and O–H groups in total. The second kappa shape index (κ2) is 8.45. The van der Waals surface area contributed by atoms with Gasteiger partial charge in [0.25, 0.3) is 5.91 Å². The number of amides is 1. The predicted octanol–water partition coefficient (Wildman–Crippen LogP) is 3.32. The number of sulfonamides is 1. The van der Waals surface area contributed by atoms with Crippen LogP contribution < -0.4 is 4.72 Å². The van der Waals surface area contributed by atoms with Crippen LogP contribution in [0, 0.1) is 6.92 Å². The summed E-state index contributed by atoms with van der Waals surface area (Å²) >= 11 is 0. The first kappa shape index (κ1) is 19.9. The van der Waals surface area contributed by atoms with Crippen molar-refractivity contribution in [2.75, 3.05) is 6.54 Å². The monoisotopic (exact) mass is 402 g/mol. The van der Waals surface area contributed by atoms with Crippen LogP contribution in [0.5, 0.6) is 0 Å². The molecule has 8 heteroatoms. The molecule has 0 unspecified atom stereocenters. The minimum Gasteiger partial charge on any atom is -0.467 e. The zero-order chi connectivity index (χ0) is 20.1. The van der Waals surface area contributed by atoms with Crippen molar-refractivity contribution in [3.05, 3.63) is 77.6 Å². The fraction of sp³-hybridized carbons (Fsp3) is 0.250. The second-order valence-electron chi connectivity index (χ2n) is 6.30. The third-order valence-electron chi connectivity index (χ3n) is 4.22. The lowest BCUT2D eigenvalue weighted by molar-refractivity contribution is 0.0704. The molecular weight excluding hydrogens is 380 g/mol. The third kappa shape index (κ3) is 4.52. The van der Waals surface area contributed by atoms with Gasteiger partial charge in [-0.2, -0.15) is 0 Å². The Balaban J connectivity index is 1.95. The topological polar surface area (TPSA) is 92.8 Å². The largest absolute Gasteiger partial charge is 0.467 e. The molecule has 7 nitrogen and oxygen atoms in total. The lowest BCUT2D eigenvalue weighted by Gasteiger charge is -2.22. The molecule has 0 aliphatic heterocycles. The van der Waals surface area contributed by atoms with Crippen LogP contribution in [0.1, 0.15) is 34.4 Å². The molecular formula is C20H22N2O5S. The molecule has 1 amide bonds. The van der Waals surface area contributed by atoms with Crippen LogP contribution in [0.4, 0.5) is 0 Å². The first-order chi connectivity index (χ1) is 13.4. The second-order valence-corrected chi connectivity index (χ2v) is 8.06. The Labute approximate surface area is 164 Å². The molecule has 0 saturated heterocycles. The van der Waals surface area contributed by atoms with Crippen LogP contribution >= 0.6 is 0 Å². The molecule has 0 saturated carbocycles. The molecule has 0 aliphatic rings. The molecule has 0 radical (unpaired) electrons. The van der Waals surface area contributed by atoms with E-state index in [4.69, 9.17) is 8.83 Å². The summed E-state index contributed by atoms with van der Waals surface area (Å²) in [5.74, 6) is 0.932. The molecule has 2 heterocycles. The summed E-state index contributed by atoms with van der Waals surface area (Å²) in [5, 5.41) is 0. The highest BCUT2D eigenvalue weighted by Gasteiger charge is 2.23. The van der Waals surface area contributed by atoms with Gasteiger partial charge in [-0.05, 0) is 48.9 Å². The van der Waals surface area contributed by atoms with Crippen molar-refractivity contribution in [2.24, 2.45) is 0 Å². The molecule has 28 heavy (non-hydrogen) atoms. The van der Waals surface area contributed by atoms with Crippen molar-refractivity contribution in [3.8, 4) is 0 Å². The van der Waals surface area contributed by atoms with Crippen LogP contribution in [0.25, 0.3) is 0 Å². The predicted molar refractivity (Wildman–Crippen MR) is 103 cm³/mol. The molecule has 0 aliphatic carbocycles. The summed E-state index contributed by atoms with van der Waals surface area (Å²) in [6.07, 6.45) is 3.08. The maximum Gasteiger partial charge on any atom is 0.254 e. The Morgan fingerprint density at radius 3 is 2.14 bits per heavy atom. The standard InChI is InChI=1S/C20H22N2O5S/c1-3-21-28(24,25)18-9-8-15(2)19(12-18)20(23)22(13-16-6-4-10-26-16)14-17-7-5-11-27-17/h4-12,21H,3,13-14H2,1-2H3. The van der Waals surface area contributed by atoms with Crippen LogP contribution in [-0.4, -0.2) is 25.8 Å². The lowest BCUT2D eigenvalue weighted by atomic mass is 10.1. The van der Waals surface area contributed by atoms with Gasteiger partial charge in [0, 0.05) is 12.1 Å². The molecule has 2 aromatic heterocycles. The maximum absolute atomic E-state index is 13.3. The molecule has 0 atom stereocenters. The van der Waals surface area contributed by atoms with E-state index in [-0.39, 0.29) is 30.4 Å². The number of rotatable bonds is 8. The van der Waals surface area contributed by atoms with Gasteiger partial charge in [0.1, 0.15) is 11.5 Å². The van der Waals surface area contributed by atoms with E-state index in [1.807, 2.05) is 0 Å². The Kier molecular flexibility index (Phi) is 6.01. The van der Waals surface area contributed by atoms with Gasteiger partial charge < -0.3 is 13.7 Å². The first-order valence-corrected chi connectivity index (χ1v) is 10.3. The van der Waals surface area contributed by atoms with E-state index < -0.39 is 10.0 Å². The van der Waals surface area contributed by atoms with Gasteiger partial charge in [-0.3, -0.25) is 4.79 Å². The number of nitrogens with zero attached hydrogens (tertiary/aromatic N) is 1. The van der Waals surface area contributed by atoms with E-state index in [1.54, 1.807) is 61.6 Å². The summed E-state index contributed by atoms with van der Waals surface area (Å²) in [5.41, 5.74) is 1.00. The van der Waals surface area contributed by atoms with Crippen molar-refractivity contribution in [3.63, 3.8) is 0 Å². The van der Waals surface area contributed by atoms with E-state index >= 15 is 0 Å². The van der Waals surface area contributed by atoms with Crippen molar-refractivity contribution in [1.82, 2.24) is 9.62 Å². The quantitative estimate of drug-likeness (QED) is 0.624. The maximum atomic E-state index is 13.3. The molecule has 0 fully saturated rings. The third-order valence-corrected chi connectivity index (χ3v) is 5.77.